The number of para-hydroxylation sites is 1. The molecule has 8 heteroatoms. The first-order valence-corrected chi connectivity index (χ1v) is 12.1. The summed E-state index contributed by atoms with van der Waals surface area (Å²) < 4.78 is 1.13. The van der Waals surface area contributed by atoms with Crippen molar-refractivity contribution in [1.82, 2.24) is 31.2 Å². The first kappa shape index (κ1) is 20.3. The third-order valence-electron chi connectivity index (χ3n) is 6.57. The molecule has 1 amide bonds. The fraction of sp³-hybridized carbons (Fsp3) is 0.636. The van der Waals surface area contributed by atoms with E-state index in [4.69, 9.17) is 4.98 Å². The highest BCUT2D eigenvalue weighted by Crippen LogP contribution is 2.31. The molecule has 0 saturated carbocycles. The third kappa shape index (κ3) is 4.24. The van der Waals surface area contributed by atoms with Crippen LogP contribution < -0.4 is 21.3 Å². The second kappa shape index (κ2) is 8.88. The molecule has 3 saturated heterocycles. The maximum absolute atomic E-state index is 13.4. The Hall–Kier alpha value is -1.58. The summed E-state index contributed by atoms with van der Waals surface area (Å²) in [4.78, 5) is 20.6. The maximum atomic E-state index is 13.4. The average molecular weight is 429 g/mol. The van der Waals surface area contributed by atoms with E-state index in [1.54, 1.807) is 11.3 Å². The lowest BCUT2D eigenvalue weighted by Gasteiger charge is -2.45. The lowest BCUT2D eigenvalue weighted by atomic mass is 9.98. The summed E-state index contributed by atoms with van der Waals surface area (Å²) in [5, 5.41) is 15.1. The van der Waals surface area contributed by atoms with Crippen LogP contribution in [0.25, 0.3) is 10.2 Å². The van der Waals surface area contributed by atoms with Crippen LogP contribution in [0.4, 0.5) is 0 Å². The molecular formula is C22H32N6OS. The summed E-state index contributed by atoms with van der Waals surface area (Å²) in [5.41, 5.74) is 0.968. The number of hydrogen-bond donors (Lipinski definition) is 4. The van der Waals surface area contributed by atoms with E-state index in [2.05, 4.69) is 39.2 Å². The molecular weight excluding hydrogens is 396 g/mol. The Morgan fingerprint density at radius 1 is 1.23 bits per heavy atom. The van der Waals surface area contributed by atoms with E-state index in [0.29, 0.717) is 12.0 Å². The second-order valence-corrected chi connectivity index (χ2v) is 10.1. The van der Waals surface area contributed by atoms with Crippen molar-refractivity contribution in [3.8, 4) is 0 Å². The molecule has 162 valence electrons. The fourth-order valence-electron chi connectivity index (χ4n) is 5.01. The van der Waals surface area contributed by atoms with Crippen LogP contribution in [-0.4, -0.2) is 60.5 Å². The number of aromatic nitrogens is 1. The van der Waals surface area contributed by atoms with Crippen molar-refractivity contribution in [2.24, 2.45) is 5.92 Å². The van der Waals surface area contributed by atoms with Crippen molar-refractivity contribution in [3.05, 3.63) is 29.3 Å². The molecule has 30 heavy (non-hydrogen) atoms. The van der Waals surface area contributed by atoms with E-state index < -0.39 is 0 Å². The molecule has 0 radical (unpaired) electrons. The topological polar surface area (TPSA) is 81.3 Å². The van der Waals surface area contributed by atoms with Gasteiger partial charge in [-0.2, -0.15) is 0 Å². The minimum absolute atomic E-state index is 0.0669. The first-order valence-electron chi connectivity index (χ1n) is 11.3. The normalized spacial score (nSPS) is 33.5. The van der Waals surface area contributed by atoms with Crippen molar-refractivity contribution >= 4 is 27.5 Å². The van der Waals surface area contributed by atoms with Crippen molar-refractivity contribution in [2.45, 2.75) is 57.0 Å². The van der Waals surface area contributed by atoms with E-state index in [9.17, 15) is 4.79 Å². The summed E-state index contributed by atoms with van der Waals surface area (Å²) >= 11 is 1.63. The van der Waals surface area contributed by atoms with E-state index in [1.165, 1.54) is 12.8 Å². The lowest BCUT2D eigenvalue weighted by molar-refractivity contribution is -0.130. The van der Waals surface area contributed by atoms with Gasteiger partial charge in [0.2, 0.25) is 5.91 Å². The molecule has 2 aromatic rings. The fourth-order valence-corrected chi connectivity index (χ4v) is 6.12. The van der Waals surface area contributed by atoms with Crippen molar-refractivity contribution < 1.29 is 4.79 Å². The summed E-state index contributed by atoms with van der Waals surface area (Å²) in [6.07, 6.45) is 4.48. The number of carbonyl (C=O) groups is 1. The standard InChI is InChI=1S/C22H32N6OS/c1-14-6-5-11-28(13-14)22-26-19(24-15-7-4-10-23-12-15)18(20(29)27-22)21-25-16-8-2-3-9-17(16)30-21/h2-3,8-9,14-15,18-19,22-24,26H,4-7,10-13H2,1H3,(H,27,29)/t14?,15-,18?,19?,22?/m1/s1. The van der Waals surface area contributed by atoms with Gasteiger partial charge in [0.15, 0.2) is 0 Å². The van der Waals surface area contributed by atoms with Crippen molar-refractivity contribution in [2.75, 3.05) is 26.2 Å². The molecule has 1 aromatic heterocycles. The molecule has 5 atom stereocenters. The maximum Gasteiger partial charge on any atom is 0.235 e. The Labute approximate surface area is 182 Å². The predicted molar refractivity (Wildman–Crippen MR) is 120 cm³/mol. The van der Waals surface area contributed by atoms with Gasteiger partial charge < -0.3 is 10.6 Å². The Morgan fingerprint density at radius 3 is 2.93 bits per heavy atom. The molecule has 7 nitrogen and oxygen atoms in total. The number of likely N-dealkylation sites (tertiary alicyclic amines) is 1. The number of piperidine rings is 2. The van der Waals surface area contributed by atoms with Crippen molar-refractivity contribution in [3.63, 3.8) is 0 Å². The molecule has 0 bridgehead atoms. The van der Waals surface area contributed by atoms with Gasteiger partial charge in [-0.3, -0.25) is 20.3 Å². The number of amides is 1. The van der Waals surface area contributed by atoms with Gasteiger partial charge in [-0.05, 0) is 50.3 Å². The second-order valence-electron chi connectivity index (χ2n) is 9.01. The van der Waals surface area contributed by atoms with Gasteiger partial charge in [-0.1, -0.05) is 19.1 Å². The molecule has 0 spiro atoms. The van der Waals surface area contributed by atoms with Gasteiger partial charge >= 0.3 is 0 Å². The zero-order chi connectivity index (χ0) is 20.5. The van der Waals surface area contributed by atoms with Gasteiger partial charge in [0.1, 0.15) is 17.2 Å². The number of hydrogen-bond acceptors (Lipinski definition) is 7. The molecule has 3 aliphatic rings. The largest absolute Gasteiger partial charge is 0.327 e. The Bertz CT molecular complexity index is 848. The SMILES string of the molecule is CC1CCCN(C2NC(=O)C(c3nc4ccccc4s3)C(N[C@@H]3CCCNC3)N2)C1. The molecule has 4 unspecified atom stereocenters. The van der Waals surface area contributed by atoms with Gasteiger partial charge in [0.25, 0.3) is 0 Å². The number of rotatable bonds is 4. The predicted octanol–water partition coefficient (Wildman–Crippen LogP) is 1.78. The minimum Gasteiger partial charge on any atom is -0.327 e. The van der Waals surface area contributed by atoms with Gasteiger partial charge in [-0.25, -0.2) is 4.98 Å². The number of nitrogens with zero attached hydrogens (tertiary/aromatic N) is 2. The Kier molecular flexibility index (Phi) is 6.02. The van der Waals surface area contributed by atoms with Gasteiger partial charge in [0, 0.05) is 25.7 Å². The Balaban J connectivity index is 1.41. The zero-order valence-electron chi connectivity index (χ0n) is 17.6. The van der Waals surface area contributed by atoms with Crippen LogP contribution in [0.15, 0.2) is 24.3 Å². The minimum atomic E-state index is -0.331. The molecule has 4 heterocycles. The number of fused-ring (bicyclic) bond motifs is 1. The summed E-state index contributed by atoms with van der Waals surface area (Å²) in [7, 11) is 0. The summed E-state index contributed by atoms with van der Waals surface area (Å²) in [5.74, 6) is 0.397. The average Bonchev–Trinajstić information content (AvgIpc) is 3.18. The van der Waals surface area contributed by atoms with E-state index in [0.717, 1.165) is 54.2 Å². The van der Waals surface area contributed by atoms with Gasteiger partial charge in [0.05, 0.1) is 16.4 Å². The molecule has 1 aromatic carbocycles. The van der Waals surface area contributed by atoms with E-state index in [1.807, 2.05) is 18.2 Å². The molecule has 5 rings (SSSR count). The van der Waals surface area contributed by atoms with Crippen LogP contribution in [0.2, 0.25) is 0 Å². The summed E-state index contributed by atoms with van der Waals surface area (Å²) in [6.45, 7) is 6.35. The smallest absolute Gasteiger partial charge is 0.235 e. The number of benzene rings is 1. The van der Waals surface area contributed by atoms with Crippen molar-refractivity contribution in [1.29, 1.82) is 0 Å². The highest BCUT2D eigenvalue weighted by molar-refractivity contribution is 7.18. The molecule has 3 aliphatic heterocycles. The lowest BCUT2D eigenvalue weighted by Crippen LogP contribution is -2.71. The molecule has 4 N–H and O–H groups in total. The van der Waals surface area contributed by atoms with Crippen LogP contribution in [0.5, 0.6) is 0 Å². The summed E-state index contributed by atoms with van der Waals surface area (Å²) in [6, 6.07) is 8.49. The third-order valence-corrected chi connectivity index (χ3v) is 7.69. The highest BCUT2D eigenvalue weighted by Gasteiger charge is 2.42. The number of carbonyl (C=O) groups excluding carboxylic acids is 1. The van der Waals surface area contributed by atoms with Crippen LogP contribution in [0.3, 0.4) is 0 Å². The zero-order valence-corrected chi connectivity index (χ0v) is 18.4. The molecule has 0 aliphatic carbocycles. The monoisotopic (exact) mass is 428 g/mol. The highest BCUT2D eigenvalue weighted by atomic mass is 32.1. The molecule has 3 fully saturated rings. The van der Waals surface area contributed by atoms with E-state index >= 15 is 0 Å². The van der Waals surface area contributed by atoms with E-state index in [-0.39, 0.29) is 24.3 Å². The number of nitrogens with one attached hydrogen (secondary N) is 4. The number of thiazole rings is 1. The quantitative estimate of drug-likeness (QED) is 0.595. The first-order chi connectivity index (χ1) is 14.7. The van der Waals surface area contributed by atoms with Gasteiger partial charge in [-0.15, -0.1) is 11.3 Å². The Morgan fingerprint density at radius 2 is 2.13 bits per heavy atom. The van der Waals surface area contributed by atoms with Crippen LogP contribution in [-0.2, 0) is 4.79 Å². The van der Waals surface area contributed by atoms with Crippen LogP contribution >= 0.6 is 11.3 Å². The van der Waals surface area contributed by atoms with Crippen LogP contribution in [0, 0.1) is 5.92 Å². The van der Waals surface area contributed by atoms with Crippen LogP contribution in [0.1, 0.15) is 43.5 Å².